The maximum absolute atomic E-state index is 12.9. The number of rotatable bonds is 8. The average molecular weight is 498 g/mol. The maximum Gasteiger partial charge on any atom is 0.340 e. The summed E-state index contributed by atoms with van der Waals surface area (Å²) in [6.45, 7) is 12.0. The number of aromatic nitrogens is 4. The van der Waals surface area contributed by atoms with Gasteiger partial charge in [-0.3, -0.25) is 9.48 Å². The van der Waals surface area contributed by atoms with Crippen molar-refractivity contribution in [3.8, 4) is 22.4 Å². The van der Waals surface area contributed by atoms with E-state index in [2.05, 4.69) is 27.0 Å². The zero-order valence-electron chi connectivity index (χ0n) is 21.6. The molecule has 8 nitrogen and oxygen atoms in total. The van der Waals surface area contributed by atoms with Gasteiger partial charge in [-0.05, 0) is 75.3 Å². The molecule has 0 unspecified atom stereocenters. The van der Waals surface area contributed by atoms with E-state index in [-0.39, 0.29) is 12.0 Å². The molecular formula is C29H31N5O3. The van der Waals surface area contributed by atoms with Crippen molar-refractivity contribution in [3.05, 3.63) is 66.1 Å². The summed E-state index contributed by atoms with van der Waals surface area (Å²) >= 11 is 0. The van der Waals surface area contributed by atoms with E-state index in [0.717, 1.165) is 45.4 Å². The number of pyridine rings is 1. The van der Waals surface area contributed by atoms with Crippen LogP contribution >= 0.6 is 0 Å². The number of hydrogen-bond acceptors (Lipinski definition) is 5. The first-order chi connectivity index (χ1) is 17.7. The number of hydrogen-bond donors (Lipinski definition) is 2. The molecule has 4 aromatic rings. The lowest BCUT2D eigenvalue weighted by Crippen LogP contribution is -2.13. The van der Waals surface area contributed by atoms with Crippen LogP contribution in [0.4, 0.5) is 5.69 Å². The Labute approximate surface area is 215 Å². The van der Waals surface area contributed by atoms with Gasteiger partial charge in [-0.2, -0.15) is 5.10 Å². The molecule has 0 spiro atoms. The van der Waals surface area contributed by atoms with Gasteiger partial charge < -0.3 is 15.0 Å². The van der Waals surface area contributed by atoms with Gasteiger partial charge in [0.2, 0.25) is 5.91 Å². The van der Waals surface area contributed by atoms with Gasteiger partial charge in [-0.1, -0.05) is 18.7 Å². The number of H-pyrrole nitrogens is 1. The van der Waals surface area contributed by atoms with Gasteiger partial charge in [0.05, 0.1) is 23.6 Å². The molecule has 37 heavy (non-hydrogen) atoms. The Balaban J connectivity index is 1.71. The molecule has 1 amide bonds. The standard InChI is InChI=1S/C29H31N5O3/c1-6-24(35)32-23-11-20(10-7-17(23)4)26-25-18(5)22(29(36)37-16(2)3)13-30-28(25)33-27(26)21-12-31-34(15-21)14-19-8-9-19/h6-7,10-13,15-16,19H,1,8-9,14H2,2-5H3,(H,30,33)(H,32,35). The molecule has 8 heteroatoms. The highest BCUT2D eigenvalue weighted by Gasteiger charge is 2.25. The van der Waals surface area contributed by atoms with Gasteiger partial charge in [0, 0.05) is 41.1 Å². The number of aromatic amines is 1. The van der Waals surface area contributed by atoms with Gasteiger partial charge in [0.15, 0.2) is 0 Å². The van der Waals surface area contributed by atoms with Gasteiger partial charge >= 0.3 is 5.97 Å². The van der Waals surface area contributed by atoms with Crippen LogP contribution in [0.3, 0.4) is 0 Å². The Hall–Kier alpha value is -4.20. The van der Waals surface area contributed by atoms with Crippen LogP contribution in [0.5, 0.6) is 0 Å². The van der Waals surface area contributed by atoms with Crippen LogP contribution in [0.25, 0.3) is 33.4 Å². The van der Waals surface area contributed by atoms with Crippen LogP contribution in [-0.4, -0.2) is 37.7 Å². The molecule has 1 fully saturated rings. The SMILES string of the molecule is C=CC(=O)Nc1cc(-c2c(-c3cnn(CC4CC4)c3)[nH]c3ncc(C(=O)OC(C)C)c(C)c23)ccc1C. The lowest BCUT2D eigenvalue weighted by Gasteiger charge is -2.13. The van der Waals surface area contributed by atoms with Gasteiger partial charge in [0.1, 0.15) is 5.65 Å². The van der Waals surface area contributed by atoms with Crippen LogP contribution in [-0.2, 0) is 16.1 Å². The van der Waals surface area contributed by atoms with E-state index in [1.54, 1.807) is 6.20 Å². The smallest absolute Gasteiger partial charge is 0.340 e. The molecule has 3 heterocycles. The van der Waals surface area contributed by atoms with Crippen LogP contribution in [0.1, 0.15) is 48.2 Å². The van der Waals surface area contributed by atoms with Crippen molar-refractivity contribution in [1.82, 2.24) is 19.7 Å². The highest BCUT2D eigenvalue weighted by atomic mass is 16.5. The highest BCUT2D eigenvalue weighted by Crippen LogP contribution is 2.41. The van der Waals surface area contributed by atoms with Crippen LogP contribution < -0.4 is 5.32 Å². The van der Waals surface area contributed by atoms with Crippen molar-refractivity contribution < 1.29 is 14.3 Å². The minimum atomic E-state index is -0.407. The molecule has 0 radical (unpaired) electrons. The summed E-state index contributed by atoms with van der Waals surface area (Å²) in [6, 6.07) is 5.92. The van der Waals surface area contributed by atoms with E-state index >= 15 is 0 Å². The Morgan fingerprint density at radius 1 is 1.24 bits per heavy atom. The summed E-state index contributed by atoms with van der Waals surface area (Å²) in [6.07, 6.45) is 8.96. The number of benzene rings is 1. The van der Waals surface area contributed by atoms with E-state index in [0.29, 0.717) is 22.8 Å². The number of fused-ring (bicyclic) bond motifs is 1. The molecule has 2 N–H and O–H groups in total. The molecule has 1 aliphatic rings. The summed E-state index contributed by atoms with van der Waals surface area (Å²) in [5.74, 6) is 0.00881. The van der Waals surface area contributed by atoms with Crippen molar-refractivity contribution in [1.29, 1.82) is 0 Å². The van der Waals surface area contributed by atoms with Crippen LogP contribution in [0.2, 0.25) is 0 Å². The second-order valence-electron chi connectivity index (χ2n) is 9.97. The molecule has 190 valence electrons. The van der Waals surface area contributed by atoms with E-state index in [1.165, 1.54) is 18.9 Å². The van der Waals surface area contributed by atoms with Gasteiger partial charge in [0.25, 0.3) is 0 Å². The molecule has 0 bridgehead atoms. The third-order valence-corrected chi connectivity index (χ3v) is 6.68. The van der Waals surface area contributed by atoms with E-state index in [4.69, 9.17) is 4.74 Å². The number of aryl methyl sites for hydroxylation is 2. The summed E-state index contributed by atoms with van der Waals surface area (Å²) in [7, 11) is 0. The van der Waals surface area contributed by atoms with Crippen LogP contribution in [0, 0.1) is 19.8 Å². The molecule has 5 rings (SSSR count). The number of nitrogens with zero attached hydrogens (tertiary/aromatic N) is 3. The Morgan fingerprint density at radius 2 is 2.03 bits per heavy atom. The fraction of sp³-hybridized carbons (Fsp3) is 0.310. The maximum atomic E-state index is 12.9. The van der Waals surface area contributed by atoms with E-state index in [1.807, 2.05) is 63.0 Å². The molecular weight excluding hydrogens is 466 g/mol. The summed E-state index contributed by atoms with van der Waals surface area (Å²) in [4.78, 5) is 33.0. The first-order valence-corrected chi connectivity index (χ1v) is 12.5. The minimum Gasteiger partial charge on any atom is -0.459 e. The molecule has 0 atom stereocenters. The third-order valence-electron chi connectivity index (χ3n) is 6.68. The Kier molecular flexibility index (Phi) is 6.41. The topological polar surface area (TPSA) is 102 Å². The van der Waals surface area contributed by atoms with Crippen molar-refractivity contribution in [3.63, 3.8) is 0 Å². The summed E-state index contributed by atoms with van der Waals surface area (Å²) in [5.41, 5.74) is 7.02. The zero-order valence-corrected chi connectivity index (χ0v) is 21.6. The number of ether oxygens (including phenoxy) is 1. The first kappa shape index (κ1) is 24.5. The molecule has 0 aliphatic heterocycles. The first-order valence-electron chi connectivity index (χ1n) is 12.5. The average Bonchev–Trinajstić information content (AvgIpc) is 3.40. The predicted molar refractivity (Wildman–Crippen MR) is 144 cm³/mol. The van der Waals surface area contributed by atoms with Crippen molar-refractivity contribution in [2.24, 2.45) is 5.92 Å². The number of carbonyl (C=O) groups is 2. The quantitative estimate of drug-likeness (QED) is 0.236. The Bertz CT molecular complexity index is 1520. The zero-order chi connectivity index (χ0) is 26.3. The number of nitrogens with one attached hydrogen (secondary N) is 2. The molecule has 1 aliphatic carbocycles. The second-order valence-corrected chi connectivity index (χ2v) is 9.97. The number of esters is 1. The van der Waals surface area contributed by atoms with Gasteiger partial charge in [-0.25, -0.2) is 9.78 Å². The van der Waals surface area contributed by atoms with E-state index in [9.17, 15) is 9.59 Å². The molecule has 0 saturated heterocycles. The summed E-state index contributed by atoms with van der Waals surface area (Å²) in [5, 5.41) is 8.32. The fourth-order valence-electron chi connectivity index (χ4n) is 4.55. The normalized spacial score (nSPS) is 13.2. The van der Waals surface area contributed by atoms with Crippen molar-refractivity contribution >= 4 is 28.6 Å². The van der Waals surface area contributed by atoms with Crippen LogP contribution in [0.15, 0.2) is 49.4 Å². The summed E-state index contributed by atoms with van der Waals surface area (Å²) < 4.78 is 7.47. The number of anilines is 1. The van der Waals surface area contributed by atoms with Crippen molar-refractivity contribution in [2.45, 2.75) is 53.2 Å². The Morgan fingerprint density at radius 3 is 2.73 bits per heavy atom. The third kappa shape index (κ3) is 4.91. The molecule has 1 aromatic carbocycles. The van der Waals surface area contributed by atoms with Crippen molar-refractivity contribution in [2.75, 3.05) is 5.32 Å². The second kappa shape index (κ2) is 9.69. The molecule has 3 aromatic heterocycles. The lowest BCUT2D eigenvalue weighted by atomic mass is 9.95. The number of carbonyl (C=O) groups excluding carboxylic acids is 2. The highest BCUT2D eigenvalue weighted by molar-refractivity contribution is 6.08. The minimum absolute atomic E-state index is 0.241. The van der Waals surface area contributed by atoms with E-state index < -0.39 is 5.97 Å². The number of amides is 1. The fourth-order valence-corrected chi connectivity index (χ4v) is 4.55. The molecule has 1 saturated carbocycles. The monoisotopic (exact) mass is 497 g/mol. The largest absolute Gasteiger partial charge is 0.459 e. The van der Waals surface area contributed by atoms with Gasteiger partial charge in [-0.15, -0.1) is 0 Å². The lowest BCUT2D eigenvalue weighted by molar-refractivity contribution is -0.111. The predicted octanol–water partition coefficient (Wildman–Crippen LogP) is 5.81.